The molecule has 0 spiro atoms. The van der Waals surface area contributed by atoms with Crippen LogP contribution in [0.15, 0.2) is 33.4 Å². The van der Waals surface area contributed by atoms with Gasteiger partial charge in [-0.3, -0.25) is 0 Å². The number of benzene rings is 1. The standard InChI is InChI=1S/C15H16BrClFNO/c1-3-4-19-15(10-5-9(2)20-8-10)11-6-13(17)12(16)7-14(11)18/h5-8,15,19H,3-4H2,1-2H3. The number of hydrogen-bond donors (Lipinski definition) is 1. The van der Waals surface area contributed by atoms with Crippen LogP contribution in [0.3, 0.4) is 0 Å². The second-order valence-corrected chi connectivity index (χ2v) is 5.93. The van der Waals surface area contributed by atoms with Gasteiger partial charge in [0.2, 0.25) is 0 Å². The molecule has 1 heterocycles. The Kier molecular flexibility index (Phi) is 5.24. The number of rotatable bonds is 5. The normalized spacial score (nSPS) is 12.7. The smallest absolute Gasteiger partial charge is 0.129 e. The highest BCUT2D eigenvalue weighted by molar-refractivity contribution is 9.10. The van der Waals surface area contributed by atoms with Crippen LogP contribution in [0.2, 0.25) is 5.02 Å². The number of furan rings is 1. The second-order valence-electron chi connectivity index (χ2n) is 4.67. The van der Waals surface area contributed by atoms with E-state index >= 15 is 0 Å². The largest absolute Gasteiger partial charge is 0.469 e. The van der Waals surface area contributed by atoms with Crippen molar-refractivity contribution < 1.29 is 8.81 Å². The van der Waals surface area contributed by atoms with E-state index in [0.717, 1.165) is 24.3 Å². The van der Waals surface area contributed by atoms with E-state index < -0.39 is 0 Å². The maximum atomic E-state index is 14.2. The Morgan fingerprint density at radius 1 is 1.40 bits per heavy atom. The quantitative estimate of drug-likeness (QED) is 0.738. The Morgan fingerprint density at radius 3 is 2.75 bits per heavy atom. The Hall–Kier alpha value is -0.840. The van der Waals surface area contributed by atoms with Crippen LogP contribution in [0.5, 0.6) is 0 Å². The zero-order chi connectivity index (χ0) is 14.7. The molecule has 2 rings (SSSR count). The predicted octanol–water partition coefficient (Wildman–Crippen LogP) is 5.23. The van der Waals surface area contributed by atoms with Gasteiger partial charge in [-0.05, 0) is 54.0 Å². The van der Waals surface area contributed by atoms with Gasteiger partial charge < -0.3 is 9.73 Å². The molecule has 0 bridgehead atoms. The van der Waals surface area contributed by atoms with E-state index in [0.29, 0.717) is 15.1 Å². The molecular weight excluding hydrogens is 345 g/mol. The lowest BCUT2D eigenvalue weighted by atomic mass is 10.00. The van der Waals surface area contributed by atoms with Crippen LogP contribution in [0.25, 0.3) is 0 Å². The van der Waals surface area contributed by atoms with E-state index in [4.69, 9.17) is 16.0 Å². The third-order valence-electron chi connectivity index (χ3n) is 3.03. The van der Waals surface area contributed by atoms with Gasteiger partial charge in [0.1, 0.15) is 11.6 Å². The molecule has 20 heavy (non-hydrogen) atoms. The average Bonchev–Trinajstić information content (AvgIpc) is 2.82. The molecule has 0 saturated heterocycles. The molecule has 1 atom stereocenters. The van der Waals surface area contributed by atoms with E-state index in [2.05, 4.69) is 28.2 Å². The SMILES string of the molecule is CCCNC(c1coc(C)c1)c1cc(Cl)c(Br)cc1F. The lowest BCUT2D eigenvalue weighted by molar-refractivity contribution is 0.516. The molecule has 0 fully saturated rings. The third kappa shape index (κ3) is 3.43. The van der Waals surface area contributed by atoms with Gasteiger partial charge in [-0.25, -0.2) is 4.39 Å². The molecule has 0 saturated carbocycles. The van der Waals surface area contributed by atoms with Gasteiger partial charge in [0.15, 0.2) is 0 Å². The summed E-state index contributed by atoms with van der Waals surface area (Å²) in [5, 5.41) is 3.82. The van der Waals surface area contributed by atoms with E-state index in [1.54, 1.807) is 12.3 Å². The summed E-state index contributed by atoms with van der Waals surface area (Å²) in [5.41, 5.74) is 1.42. The highest BCUT2D eigenvalue weighted by Gasteiger charge is 2.20. The molecule has 108 valence electrons. The van der Waals surface area contributed by atoms with Crippen molar-refractivity contribution in [1.82, 2.24) is 5.32 Å². The van der Waals surface area contributed by atoms with Crippen molar-refractivity contribution in [3.8, 4) is 0 Å². The van der Waals surface area contributed by atoms with Crippen molar-refractivity contribution in [2.45, 2.75) is 26.3 Å². The van der Waals surface area contributed by atoms with Gasteiger partial charge in [-0.1, -0.05) is 18.5 Å². The van der Waals surface area contributed by atoms with Crippen LogP contribution in [0, 0.1) is 12.7 Å². The molecule has 1 aromatic carbocycles. The minimum atomic E-state index is -0.297. The lowest BCUT2D eigenvalue weighted by Crippen LogP contribution is -2.23. The van der Waals surface area contributed by atoms with Crippen molar-refractivity contribution in [3.63, 3.8) is 0 Å². The number of hydrogen-bond acceptors (Lipinski definition) is 2. The van der Waals surface area contributed by atoms with Gasteiger partial charge in [0.05, 0.1) is 17.3 Å². The maximum absolute atomic E-state index is 14.2. The third-order valence-corrected chi connectivity index (χ3v) is 4.23. The Labute approximate surface area is 131 Å². The van der Waals surface area contributed by atoms with Crippen molar-refractivity contribution >= 4 is 27.5 Å². The first-order valence-corrected chi connectivity index (χ1v) is 7.63. The van der Waals surface area contributed by atoms with Crippen molar-refractivity contribution in [2.75, 3.05) is 6.54 Å². The molecule has 0 radical (unpaired) electrons. The van der Waals surface area contributed by atoms with Gasteiger partial charge in [-0.2, -0.15) is 0 Å². The molecule has 2 nitrogen and oxygen atoms in total. The highest BCUT2D eigenvalue weighted by Crippen LogP contribution is 2.32. The monoisotopic (exact) mass is 359 g/mol. The molecule has 1 N–H and O–H groups in total. The Balaban J connectivity index is 2.43. The van der Waals surface area contributed by atoms with Crippen LogP contribution < -0.4 is 5.32 Å². The second kappa shape index (κ2) is 6.74. The number of halogens is 3. The van der Waals surface area contributed by atoms with Crippen LogP contribution in [0.4, 0.5) is 4.39 Å². The van der Waals surface area contributed by atoms with Gasteiger partial charge in [0, 0.05) is 15.6 Å². The van der Waals surface area contributed by atoms with Gasteiger partial charge in [-0.15, -0.1) is 0 Å². The fourth-order valence-electron chi connectivity index (χ4n) is 2.07. The summed E-state index contributed by atoms with van der Waals surface area (Å²) < 4.78 is 20.1. The summed E-state index contributed by atoms with van der Waals surface area (Å²) >= 11 is 9.32. The fraction of sp³-hybridized carbons (Fsp3) is 0.333. The van der Waals surface area contributed by atoms with E-state index in [1.807, 2.05) is 13.0 Å². The Morgan fingerprint density at radius 2 is 2.15 bits per heavy atom. The van der Waals surface area contributed by atoms with Crippen LogP contribution in [0.1, 0.15) is 36.3 Å². The highest BCUT2D eigenvalue weighted by atomic mass is 79.9. The van der Waals surface area contributed by atoms with Gasteiger partial charge >= 0.3 is 0 Å². The molecular formula is C15H16BrClFNO. The van der Waals surface area contributed by atoms with E-state index in [9.17, 15) is 4.39 Å². The summed E-state index contributed by atoms with van der Waals surface area (Å²) in [6, 6.07) is 4.68. The summed E-state index contributed by atoms with van der Waals surface area (Å²) in [6.07, 6.45) is 2.61. The summed E-state index contributed by atoms with van der Waals surface area (Å²) in [7, 11) is 0. The summed E-state index contributed by atoms with van der Waals surface area (Å²) in [6.45, 7) is 4.71. The first-order chi connectivity index (χ1) is 9.52. The molecule has 2 aromatic rings. The van der Waals surface area contributed by atoms with Crippen molar-refractivity contribution in [1.29, 1.82) is 0 Å². The first-order valence-electron chi connectivity index (χ1n) is 6.45. The lowest BCUT2D eigenvalue weighted by Gasteiger charge is -2.19. The minimum Gasteiger partial charge on any atom is -0.469 e. The molecule has 0 aliphatic rings. The topological polar surface area (TPSA) is 25.2 Å². The average molecular weight is 361 g/mol. The van der Waals surface area contributed by atoms with E-state index in [-0.39, 0.29) is 11.9 Å². The Bertz CT molecular complexity index is 600. The molecule has 0 aliphatic carbocycles. The van der Waals surface area contributed by atoms with E-state index in [1.165, 1.54) is 6.07 Å². The number of nitrogens with one attached hydrogen (secondary N) is 1. The van der Waals surface area contributed by atoms with Gasteiger partial charge in [0.25, 0.3) is 0 Å². The van der Waals surface area contributed by atoms with Crippen LogP contribution in [-0.2, 0) is 0 Å². The molecule has 5 heteroatoms. The molecule has 1 unspecified atom stereocenters. The van der Waals surface area contributed by atoms with Crippen molar-refractivity contribution in [3.05, 3.63) is 56.7 Å². The summed E-state index contributed by atoms with van der Waals surface area (Å²) in [5.74, 6) is 0.501. The fourth-order valence-corrected chi connectivity index (χ4v) is 2.56. The number of aryl methyl sites for hydroxylation is 1. The minimum absolute atomic E-state index is 0.266. The summed E-state index contributed by atoms with van der Waals surface area (Å²) in [4.78, 5) is 0. The first kappa shape index (κ1) is 15.5. The van der Waals surface area contributed by atoms with Crippen molar-refractivity contribution in [2.24, 2.45) is 0 Å². The van der Waals surface area contributed by atoms with Crippen LogP contribution >= 0.6 is 27.5 Å². The zero-order valence-electron chi connectivity index (χ0n) is 11.3. The van der Waals surface area contributed by atoms with Crippen LogP contribution in [-0.4, -0.2) is 6.54 Å². The molecule has 0 aliphatic heterocycles. The maximum Gasteiger partial charge on any atom is 0.129 e. The molecule has 0 amide bonds. The predicted molar refractivity (Wildman–Crippen MR) is 82.7 cm³/mol. The molecule has 1 aromatic heterocycles. The zero-order valence-corrected chi connectivity index (χ0v) is 13.7.